The molecule has 2 aromatic carbocycles. The van der Waals surface area contributed by atoms with Crippen LogP contribution in [0.25, 0.3) is 10.9 Å². The molecule has 1 saturated heterocycles. The number of methoxy groups -OCH3 is 1. The lowest BCUT2D eigenvalue weighted by molar-refractivity contribution is -0.153. The van der Waals surface area contributed by atoms with Crippen LogP contribution in [0.5, 0.6) is 5.75 Å². The Morgan fingerprint density at radius 3 is 2.61 bits per heavy atom. The number of aliphatic carboxylic acids is 1. The number of piperidine rings is 1. The molecular formula is C29H35FN2O4. The van der Waals surface area contributed by atoms with Gasteiger partial charge in [0.05, 0.1) is 24.1 Å². The minimum absolute atomic E-state index is 0.240. The van der Waals surface area contributed by atoms with Crippen molar-refractivity contribution in [1.82, 2.24) is 9.88 Å². The summed E-state index contributed by atoms with van der Waals surface area (Å²) in [5.74, 6) is -0.221. The van der Waals surface area contributed by atoms with E-state index in [0.717, 1.165) is 32.5 Å². The van der Waals surface area contributed by atoms with Crippen LogP contribution in [-0.2, 0) is 17.9 Å². The van der Waals surface area contributed by atoms with E-state index in [1.54, 1.807) is 25.3 Å². The molecule has 7 heteroatoms. The van der Waals surface area contributed by atoms with Crippen LogP contribution in [0.4, 0.5) is 4.39 Å². The number of aromatic nitrogens is 1. The molecule has 1 fully saturated rings. The molecule has 0 bridgehead atoms. The van der Waals surface area contributed by atoms with Crippen LogP contribution in [0.15, 0.2) is 54.7 Å². The number of aliphatic hydroxyl groups is 1. The van der Waals surface area contributed by atoms with Crippen molar-refractivity contribution >= 4 is 16.9 Å². The Hall–Kier alpha value is -3.03. The quantitative estimate of drug-likeness (QED) is 0.375. The number of halogens is 1. The Morgan fingerprint density at radius 1 is 1.19 bits per heavy atom. The van der Waals surface area contributed by atoms with Crippen molar-refractivity contribution in [2.75, 3.05) is 26.7 Å². The van der Waals surface area contributed by atoms with E-state index in [0.29, 0.717) is 47.0 Å². The number of alkyl halides is 1. The topological polar surface area (TPSA) is 82.9 Å². The SMILES string of the molecule is COc1ccc2ncc(CF)c([C@H](O)CCC3(C(=O)O)CCN(CCCc4ccccc4)CC3)c2c1. The lowest BCUT2D eigenvalue weighted by Gasteiger charge is -2.39. The van der Waals surface area contributed by atoms with Gasteiger partial charge in [0.15, 0.2) is 0 Å². The number of ether oxygens (including phenoxy) is 1. The zero-order valence-electron chi connectivity index (χ0n) is 20.8. The molecule has 2 N–H and O–H groups in total. The zero-order chi connectivity index (χ0) is 25.5. The fourth-order valence-corrected chi connectivity index (χ4v) is 5.34. The number of likely N-dealkylation sites (tertiary alicyclic amines) is 1. The smallest absolute Gasteiger partial charge is 0.309 e. The number of pyridine rings is 1. The molecule has 2 heterocycles. The second-order valence-corrected chi connectivity index (χ2v) is 9.78. The van der Waals surface area contributed by atoms with Gasteiger partial charge in [0.2, 0.25) is 0 Å². The molecule has 0 saturated carbocycles. The highest BCUT2D eigenvalue weighted by atomic mass is 19.1. The first-order chi connectivity index (χ1) is 17.5. The summed E-state index contributed by atoms with van der Waals surface area (Å²) in [6.45, 7) is 1.64. The minimum atomic E-state index is -0.992. The third kappa shape index (κ3) is 5.85. The van der Waals surface area contributed by atoms with Gasteiger partial charge in [0, 0.05) is 17.1 Å². The van der Waals surface area contributed by atoms with Crippen molar-refractivity contribution in [1.29, 1.82) is 0 Å². The second kappa shape index (κ2) is 11.8. The zero-order valence-corrected chi connectivity index (χ0v) is 20.8. The number of aliphatic hydroxyl groups excluding tert-OH is 1. The number of nitrogens with zero attached hydrogens (tertiary/aromatic N) is 2. The normalized spacial score (nSPS) is 16.6. The maximum Gasteiger partial charge on any atom is 0.309 e. The number of fused-ring (bicyclic) bond motifs is 1. The number of rotatable bonds is 11. The van der Waals surface area contributed by atoms with Gasteiger partial charge < -0.3 is 19.8 Å². The van der Waals surface area contributed by atoms with Crippen LogP contribution in [-0.4, -0.2) is 52.8 Å². The average molecular weight is 495 g/mol. The predicted octanol–water partition coefficient (Wildman–Crippen LogP) is 5.33. The summed E-state index contributed by atoms with van der Waals surface area (Å²) in [6.07, 6.45) is 4.16. The third-order valence-corrected chi connectivity index (χ3v) is 7.62. The Kier molecular flexibility index (Phi) is 8.54. The fraction of sp³-hybridized carbons (Fsp3) is 0.448. The predicted molar refractivity (Wildman–Crippen MR) is 138 cm³/mol. The van der Waals surface area contributed by atoms with Gasteiger partial charge in [0.1, 0.15) is 12.4 Å². The van der Waals surface area contributed by atoms with Gasteiger partial charge >= 0.3 is 5.97 Å². The van der Waals surface area contributed by atoms with Crippen molar-refractivity contribution in [3.63, 3.8) is 0 Å². The second-order valence-electron chi connectivity index (χ2n) is 9.78. The molecule has 1 aliphatic rings. The first-order valence-corrected chi connectivity index (χ1v) is 12.6. The van der Waals surface area contributed by atoms with Crippen molar-refractivity contribution in [3.05, 3.63) is 71.4 Å². The third-order valence-electron chi connectivity index (χ3n) is 7.62. The first kappa shape index (κ1) is 26.0. The lowest BCUT2D eigenvalue weighted by Crippen LogP contribution is -2.44. The van der Waals surface area contributed by atoms with E-state index in [2.05, 4.69) is 22.0 Å². The largest absolute Gasteiger partial charge is 0.497 e. The number of carboxylic acids is 1. The van der Waals surface area contributed by atoms with E-state index in [-0.39, 0.29) is 6.42 Å². The molecule has 4 rings (SSSR count). The highest BCUT2D eigenvalue weighted by Crippen LogP contribution is 2.40. The molecule has 1 aromatic heterocycles. The molecule has 3 aromatic rings. The summed E-state index contributed by atoms with van der Waals surface area (Å²) in [5.41, 5.74) is 1.87. The summed E-state index contributed by atoms with van der Waals surface area (Å²) in [7, 11) is 1.55. The number of aryl methyl sites for hydroxylation is 1. The van der Waals surface area contributed by atoms with Gasteiger partial charge in [-0.3, -0.25) is 9.78 Å². The molecule has 1 atom stereocenters. The Labute approximate surface area is 211 Å². The van der Waals surface area contributed by atoms with Crippen LogP contribution >= 0.6 is 0 Å². The van der Waals surface area contributed by atoms with E-state index in [1.165, 1.54) is 11.8 Å². The van der Waals surface area contributed by atoms with Gasteiger partial charge in [-0.1, -0.05) is 30.3 Å². The number of hydrogen-bond acceptors (Lipinski definition) is 5. The monoisotopic (exact) mass is 494 g/mol. The maximum absolute atomic E-state index is 13.8. The summed E-state index contributed by atoms with van der Waals surface area (Å²) < 4.78 is 19.1. The average Bonchev–Trinajstić information content (AvgIpc) is 2.92. The summed E-state index contributed by atoms with van der Waals surface area (Å²) in [6, 6.07) is 15.7. The van der Waals surface area contributed by atoms with E-state index in [4.69, 9.17) is 4.74 Å². The minimum Gasteiger partial charge on any atom is -0.497 e. The van der Waals surface area contributed by atoms with Crippen molar-refractivity contribution in [2.24, 2.45) is 5.41 Å². The molecule has 0 aliphatic carbocycles. The maximum atomic E-state index is 13.8. The molecule has 1 aliphatic heterocycles. The van der Waals surface area contributed by atoms with Gasteiger partial charge in [-0.25, -0.2) is 4.39 Å². The van der Waals surface area contributed by atoms with E-state index < -0.39 is 24.2 Å². The molecule has 192 valence electrons. The molecule has 0 spiro atoms. The standard InChI is InChI=1S/C29H35FN2O4/c1-36-23-9-10-25-24(18-23)27(22(19-30)20-31-25)26(33)11-12-29(28(34)35)13-16-32(17-14-29)15-5-8-21-6-3-2-4-7-21/h2-4,6-7,9-10,18,20,26,33H,5,8,11-17,19H2,1H3,(H,34,35)/t26-/m1/s1. The lowest BCUT2D eigenvalue weighted by atomic mass is 9.73. The van der Waals surface area contributed by atoms with Crippen LogP contribution in [0.3, 0.4) is 0 Å². The Bertz CT molecular complexity index is 1160. The Balaban J connectivity index is 1.40. The van der Waals surface area contributed by atoms with Crippen molar-refractivity contribution in [2.45, 2.75) is 51.3 Å². The summed E-state index contributed by atoms with van der Waals surface area (Å²) in [4.78, 5) is 19.0. The van der Waals surface area contributed by atoms with Crippen LogP contribution < -0.4 is 4.74 Å². The van der Waals surface area contributed by atoms with Crippen LogP contribution in [0, 0.1) is 5.41 Å². The van der Waals surface area contributed by atoms with Crippen LogP contribution in [0.1, 0.15) is 54.9 Å². The molecule has 0 amide bonds. The first-order valence-electron chi connectivity index (χ1n) is 12.6. The number of carboxylic acid groups (broad SMARTS) is 1. The fourth-order valence-electron chi connectivity index (χ4n) is 5.34. The highest BCUT2D eigenvalue weighted by Gasteiger charge is 2.41. The summed E-state index contributed by atoms with van der Waals surface area (Å²) in [5, 5.41) is 21.9. The number of carbonyl (C=O) groups is 1. The Morgan fingerprint density at radius 2 is 1.94 bits per heavy atom. The van der Waals surface area contributed by atoms with E-state index in [1.807, 2.05) is 18.2 Å². The molecule has 0 unspecified atom stereocenters. The van der Waals surface area contributed by atoms with Crippen LogP contribution in [0.2, 0.25) is 0 Å². The van der Waals surface area contributed by atoms with E-state index in [9.17, 15) is 19.4 Å². The molecule has 0 radical (unpaired) electrons. The summed E-state index contributed by atoms with van der Waals surface area (Å²) >= 11 is 0. The molecular weight excluding hydrogens is 459 g/mol. The van der Waals surface area contributed by atoms with Crippen molar-refractivity contribution < 1.29 is 24.1 Å². The number of benzene rings is 2. The highest BCUT2D eigenvalue weighted by molar-refractivity contribution is 5.85. The van der Waals surface area contributed by atoms with Gasteiger partial charge in [-0.15, -0.1) is 0 Å². The number of hydrogen-bond donors (Lipinski definition) is 2. The van der Waals surface area contributed by atoms with E-state index >= 15 is 0 Å². The molecule has 6 nitrogen and oxygen atoms in total. The van der Waals surface area contributed by atoms with Gasteiger partial charge in [0.25, 0.3) is 0 Å². The van der Waals surface area contributed by atoms with Gasteiger partial charge in [-0.2, -0.15) is 0 Å². The van der Waals surface area contributed by atoms with Gasteiger partial charge in [-0.05, 0) is 87.5 Å². The van der Waals surface area contributed by atoms with Crippen molar-refractivity contribution in [3.8, 4) is 5.75 Å². The molecule has 36 heavy (non-hydrogen) atoms.